The summed E-state index contributed by atoms with van der Waals surface area (Å²) in [4.78, 5) is 1.17. The molecule has 0 aliphatic heterocycles. The van der Waals surface area contributed by atoms with E-state index in [9.17, 15) is 0 Å². The second kappa shape index (κ2) is 4.79. The summed E-state index contributed by atoms with van der Waals surface area (Å²) in [6.45, 7) is 6.55. The van der Waals surface area contributed by atoms with Gasteiger partial charge in [-0.25, -0.2) is 0 Å². The molecular formula is C12H18O2S. The fraction of sp³-hybridized carbons (Fsp3) is 0.500. The first-order chi connectivity index (χ1) is 6.94. The van der Waals surface area contributed by atoms with Gasteiger partial charge in [-0.3, -0.25) is 0 Å². The van der Waals surface area contributed by atoms with Gasteiger partial charge in [0.05, 0.1) is 14.2 Å². The normalized spacial score (nSPS) is 11.3. The third kappa shape index (κ3) is 4.04. The van der Waals surface area contributed by atoms with Gasteiger partial charge in [0, 0.05) is 15.7 Å². The van der Waals surface area contributed by atoms with Crippen molar-refractivity contribution < 1.29 is 9.47 Å². The minimum Gasteiger partial charge on any atom is -0.497 e. The molecule has 0 aliphatic carbocycles. The quantitative estimate of drug-likeness (QED) is 0.734. The molecule has 1 aromatic carbocycles. The van der Waals surface area contributed by atoms with E-state index in [0.717, 1.165) is 11.5 Å². The zero-order chi connectivity index (χ0) is 11.5. The summed E-state index contributed by atoms with van der Waals surface area (Å²) in [5.41, 5.74) is 0. The average Bonchev–Trinajstić information content (AvgIpc) is 2.14. The molecule has 0 radical (unpaired) electrons. The number of ether oxygens (including phenoxy) is 2. The van der Waals surface area contributed by atoms with Crippen LogP contribution in [0.25, 0.3) is 0 Å². The smallest absolute Gasteiger partial charge is 0.123 e. The molecule has 0 saturated carbocycles. The van der Waals surface area contributed by atoms with Crippen LogP contribution in [0.1, 0.15) is 20.8 Å². The van der Waals surface area contributed by atoms with Crippen LogP contribution in [0.2, 0.25) is 0 Å². The molecule has 0 aliphatic rings. The van der Waals surface area contributed by atoms with Gasteiger partial charge in [-0.05, 0) is 12.1 Å². The van der Waals surface area contributed by atoms with Crippen LogP contribution in [0.5, 0.6) is 11.5 Å². The molecule has 0 fully saturated rings. The second-order valence-electron chi connectivity index (χ2n) is 4.26. The van der Waals surface area contributed by atoms with E-state index >= 15 is 0 Å². The standard InChI is InChI=1S/C12H18O2S/c1-12(2,3)15-11-7-9(13-4)6-10(8-11)14-5/h6-8H,1-5H3. The molecule has 0 N–H and O–H groups in total. The molecule has 1 aromatic rings. The van der Waals surface area contributed by atoms with Crippen molar-refractivity contribution in [2.45, 2.75) is 30.4 Å². The van der Waals surface area contributed by atoms with Gasteiger partial charge in [-0.15, -0.1) is 11.8 Å². The van der Waals surface area contributed by atoms with E-state index in [1.807, 2.05) is 18.2 Å². The SMILES string of the molecule is COc1cc(OC)cc(SC(C)(C)C)c1. The highest BCUT2D eigenvalue weighted by Gasteiger charge is 2.13. The molecule has 0 saturated heterocycles. The lowest BCUT2D eigenvalue weighted by Crippen LogP contribution is -2.06. The molecule has 0 atom stereocenters. The molecule has 0 amide bonds. The van der Waals surface area contributed by atoms with Crippen molar-refractivity contribution in [2.75, 3.05) is 14.2 Å². The van der Waals surface area contributed by atoms with Crippen LogP contribution >= 0.6 is 11.8 Å². The third-order valence-corrected chi connectivity index (χ3v) is 2.83. The van der Waals surface area contributed by atoms with Crippen LogP contribution in [-0.4, -0.2) is 19.0 Å². The zero-order valence-electron chi connectivity index (χ0n) is 9.96. The second-order valence-corrected chi connectivity index (χ2v) is 6.16. The maximum atomic E-state index is 5.22. The number of hydrogen-bond donors (Lipinski definition) is 0. The van der Waals surface area contributed by atoms with Gasteiger partial charge in [-0.2, -0.15) is 0 Å². The lowest BCUT2D eigenvalue weighted by atomic mass is 10.3. The van der Waals surface area contributed by atoms with E-state index in [0.29, 0.717) is 0 Å². The van der Waals surface area contributed by atoms with Crippen LogP contribution in [0.15, 0.2) is 23.1 Å². The molecule has 0 unspecified atom stereocenters. The van der Waals surface area contributed by atoms with Crippen molar-refractivity contribution in [3.8, 4) is 11.5 Å². The highest BCUT2D eigenvalue weighted by Crippen LogP contribution is 2.36. The molecule has 84 valence electrons. The highest BCUT2D eigenvalue weighted by molar-refractivity contribution is 8.00. The molecule has 0 bridgehead atoms. The van der Waals surface area contributed by atoms with Crippen LogP contribution in [0, 0.1) is 0 Å². The number of thioether (sulfide) groups is 1. The Labute approximate surface area is 96.0 Å². The predicted molar refractivity (Wildman–Crippen MR) is 65.2 cm³/mol. The third-order valence-electron chi connectivity index (χ3n) is 1.75. The van der Waals surface area contributed by atoms with Crippen molar-refractivity contribution in [1.29, 1.82) is 0 Å². The van der Waals surface area contributed by atoms with Gasteiger partial charge >= 0.3 is 0 Å². The monoisotopic (exact) mass is 226 g/mol. The minimum absolute atomic E-state index is 0.192. The molecule has 15 heavy (non-hydrogen) atoms. The van der Waals surface area contributed by atoms with Crippen LogP contribution in [-0.2, 0) is 0 Å². The Kier molecular flexibility index (Phi) is 3.91. The van der Waals surface area contributed by atoms with Crippen molar-refractivity contribution in [3.63, 3.8) is 0 Å². The first kappa shape index (κ1) is 12.2. The molecule has 0 spiro atoms. The van der Waals surface area contributed by atoms with E-state index in [1.54, 1.807) is 26.0 Å². The Morgan fingerprint density at radius 3 is 1.73 bits per heavy atom. The summed E-state index contributed by atoms with van der Waals surface area (Å²) >= 11 is 1.80. The van der Waals surface area contributed by atoms with Gasteiger partial charge in [0.2, 0.25) is 0 Å². The van der Waals surface area contributed by atoms with Gasteiger partial charge in [0.25, 0.3) is 0 Å². The Hall–Kier alpha value is -0.830. The summed E-state index contributed by atoms with van der Waals surface area (Å²) in [7, 11) is 3.33. The van der Waals surface area contributed by atoms with Crippen LogP contribution in [0.3, 0.4) is 0 Å². The summed E-state index contributed by atoms with van der Waals surface area (Å²) < 4.78 is 10.6. The van der Waals surface area contributed by atoms with Gasteiger partial charge < -0.3 is 9.47 Å². The molecular weight excluding hydrogens is 208 g/mol. The predicted octanol–water partition coefficient (Wildman–Crippen LogP) is 3.59. The fourth-order valence-electron chi connectivity index (χ4n) is 1.19. The van der Waals surface area contributed by atoms with E-state index < -0.39 is 0 Å². The Bertz CT molecular complexity index is 307. The zero-order valence-corrected chi connectivity index (χ0v) is 10.8. The summed E-state index contributed by atoms with van der Waals surface area (Å²) in [5.74, 6) is 1.67. The van der Waals surface area contributed by atoms with E-state index in [4.69, 9.17) is 9.47 Å². The molecule has 1 rings (SSSR count). The number of rotatable bonds is 3. The number of methoxy groups -OCH3 is 2. The summed E-state index contributed by atoms with van der Waals surface area (Å²) in [6, 6.07) is 5.93. The summed E-state index contributed by atoms with van der Waals surface area (Å²) in [6.07, 6.45) is 0. The maximum Gasteiger partial charge on any atom is 0.123 e. The fourth-order valence-corrected chi connectivity index (χ4v) is 2.25. The molecule has 0 aromatic heterocycles. The first-order valence-corrected chi connectivity index (χ1v) is 5.68. The minimum atomic E-state index is 0.192. The van der Waals surface area contributed by atoms with Crippen molar-refractivity contribution >= 4 is 11.8 Å². The maximum absolute atomic E-state index is 5.22. The van der Waals surface area contributed by atoms with Gasteiger partial charge in [-0.1, -0.05) is 20.8 Å². The lowest BCUT2D eigenvalue weighted by Gasteiger charge is -2.18. The Morgan fingerprint density at radius 2 is 1.40 bits per heavy atom. The molecule has 3 heteroatoms. The van der Waals surface area contributed by atoms with Crippen LogP contribution in [0.4, 0.5) is 0 Å². The lowest BCUT2D eigenvalue weighted by molar-refractivity contribution is 0.392. The van der Waals surface area contributed by atoms with Gasteiger partial charge in [0.15, 0.2) is 0 Å². The number of benzene rings is 1. The van der Waals surface area contributed by atoms with Gasteiger partial charge in [0.1, 0.15) is 11.5 Å². The van der Waals surface area contributed by atoms with Crippen molar-refractivity contribution in [1.82, 2.24) is 0 Å². The number of hydrogen-bond acceptors (Lipinski definition) is 3. The van der Waals surface area contributed by atoms with Crippen molar-refractivity contribution in [2.24, 2.45) is 0 Å². The average molecular weight is 226 g/mol. The Balaban J connectivity index is 2.97. The topological polar surface area (TPSA) is 18.5 Å². The van der Waals surface area contributed by atoms with Crippen LogP contribution < -0.4 is 9.47 Å². The largest absolute Gasteiger partial charge is 0.497 e. The molecule has 2 nitrogen and oxygen atoms in total. The first-order valence-electron chi connectivity index (χ1n) is 4.87. The van der Waals surface area contributed by atoms with E-state index in [2.05, 4.69) is 20.8 Å². The summed E-state index contributed by atoms with van der Waals surface area (Å²) in [5, 5.41) is 0. The van der Waals surface area contributed by atoms with E-state index in [-0.39, 0.29) is 4.75 Å². The highest BCUT2D eigenvalue weighted by atomic mass is 32.2. The Morgan fingerprint density at radius 1 is 0.933 bits per heavy atom. The van der Waals surface area contributed by atoms with Crippen molar-refractivity contribution in [3.05, 3.63) is 18.2 Å². The van der Waals surface area contributed by atoms with E-state index in [1.165, 1.54) is 4.90 Å². The molecule has 0 heterocycles.